The van der Waals surface area contributed by atoms with Crippen LogP contribution in [-0.2, 0) is 11.3 Å². The monoisotopic (exact) mass is 373 g/mol. The van der Waals surface area contributed by atoms with E-state index >= 15 is 0 Å². The summed E-state index contributed by atoms with van der Waals surface area (Å²) in [5.41, 5.74) is 1.66. The normalized spacial score (nSPS) is 21.1. The van der Waals surface area contributed by atoms with Crippen molar-refractivity contribution in [1.29, 1.82) is 0 Å². The number of hydrogen-bond acceptors (Lipinski definition) is 5. The van der Waals surface area contributed by atoms with Crippen LogP contribution in [0.1, 0.15) is 63.6 Å². The summed E-state index contributed by atoms with van der Waals surface area (Å²) in [4.78, 5) is 32.0. The highest BCUT2D eigenvalue weighted by atomic mass is 16.2. The molecule has 2 heterocycles. The van der Waals surface area contributed by atoms with Crippen molar-refractivity contribution in [2.24, 2.45) is 4.99 Å². The van der Waals surface area contributed by atoms with E-state index in [-0.39, 0.29) is 30.0 Å². The number of aliphatic imine (C=N–C) groups is 1. The Balaban J connectivity index is 1.74. The molecule has 1 aromatic rings. The lowest BCUT2D eigenvalue weighted by molar-refractivity contribution is -0.123. The van der Waals surface area contributed by atoms with Crippen LogP contribution in [0.3, 0.4) is 0 Å². The molecule has 0 aromatic carbocycles. The van der Waals surface area contributed by atoms with E-state index in [0.717, 1.165) is 37.2 Å². The molecule has 148 valence electrons. The van der Waals surface area contributed by atoms with Crippen LogP contribution in [0, 0.1) is 6.92 Å². The molecule has 1 atom stereocenters. The van der Waals surface area contributed by atoms with Gasteiger partial charge in [0.15, 0.2) is 0 Å². The van der Waals surface area contributed by atoms with Gasteiger partial charge in [0.05, 0.1) is 5.69 Å². The number of rotatable bonds is 6. The molecule has 2 fully saturated rings. The van der Waals surface area contributed by atoms with Crippen LogP contribution < -0.4 is 10.9 Å². The number of aromatic nitrogens is 2. The summed E-state index contributed by atoms with van der Waals surface area (Å²) >= 11 is 0. The summed E-state index contributed by atoms with van der Waals surface area (Å²) in [6.45, 7) is 9.67. The first-order valence-electron chi connectivity index (χ1n) is 10.0. The Kier molecular flexibility index (Phi) is 6.09. The SMILES string of the molecule is CC=Nc1c(C)c(C(C)C)nn(CC(=O)NC2CCCN(C3CC3)C2)c1=O. The molecule has 1 N–H and O–H groups in total. The average molecular weight is 374 g/mol. The minimum absolute atomic E-state index is 0.0645. The molecule has 1 aliphatic heterocycles. The smallest absolute Gasteiger partial charge is 0.293 e. The fourth-order valence-electron chi connectivity index (χ4n) is 3.90. The number of nitrogens with one attached hydrogen (secondary N) is 1. The maximum absolute atomic E-state index is 12.7. The fourth-order valence-corrected chi connectivity index (χ4v) is 3.90. The largest absolute Gasteiger partial charge is 0.350 e. The van der Waals surface area contributed by atoms with Crippen molar-refractivity contribution >= 4 is 17.8 Å². The zero-order chi connectivity index (χ0) is 19.6. The van der Waals surface area contributed by atoms with E-state index in [1.165, 1.54) is 17.5 Å². The Morgan fingerprint density at radius 2 is 2.11 bits per heavy atom. The van der Waals surface area contributed by atoms with Gasteiger partial charge in [-0.05, 0) is 52.0 Å². The van der Waals surface area contributed by atoms with Crippen LogP contribution in [0.2, 0.25) is 0 Å². The van der Waals surface area contributed by atoms with Crippen LogP contribution in [0.25, 0.3) is 0 Å². The molecule has 1 saturated heterocycles. The highest BCUT2D eigenvalue weighted by Gasteiger charge is 2.33. The van der Waals surface area contributed by atoms with Gasteiger partial charge in [-0.2, -0.15) is 5.10 Å². The van der Waals surface area contributed by atoms with Crippen molar-refractivity contribution in [1.82, 2.24) is 20.0 Å². The molecule has 7 heteroatoms. The number of piperidine rings is 1. The van der Waals surface area contributed by atoms with Crippen molar-refractivity contribution < 1.29 is 4.79 Å². The molecule has 0 spiro atoms. The second-order valence-electron chi connectivity index (χ2n) is 8.00. The Morgan fingerprint density at radius 3 is 2.74 bits per heavy atom. The zero-order valence-electron chi connectivity index (χ0n) is 16.9. The summed E-state index contributed by atoms with van der Waals surface area (Å²) in [5, 5.41) is 7.56. The molecule has 1 unspecified atom stereocenters. The van der Waals surface area contributed by atoms with Crippen molar-refractivity contribution in [2.45, 2.75) is 77.9 Å². The van der Waals surface area contributed by atoms with Gasteiger partial charge in [0, 0.05) is 30.4 Å². The second-order valence-corrected chi connectivity index (χ2v) is 8.00. The Labute approximate surface area is 160 Å². The van der Waals surface area contributed by atoms with E-state index in [9.17, 15) is 9.59 Å². The summed E-state index contributed by atoms with van der Waals surface area (Å²) < 4.78 is 1.27. The third kappa shape index (κ3) is 4.64. The predicted octanol–water partition coefficient (Wildman–Crippen LogP) is 2.14. The van der Waals surface area contributed by atoms with Crippen molar-refractivity contribution in [2.75, 3.05) is 13.1 Å². The van der Waals surface area contributed by atoms with Gasteiger partial charge in [-0.1, -0.05) is 13.8 Å². The zero-order valence-corrected chi connectivity index (χ0v) is 16.9. The molecule has 7 nitrogen and oxygen atoms in total. The third-order valence-corrected chi connectivity index (χ3v) is 5.38. The lowest BCUT2D eigenvalue weighted by Gasteiger charge is -2.33. The highest BCUT2D eigenvalue weighted by Crippen LogP contribution is 2.29. The first kappa shape index (κ1) is 19.7. The van der Waals surface area contributed by atoms with Crippen LogP contribution in [-0.4, -0.2) is 52.0 Å². The number of carbonyl (C=O) groups excluding carboxylic acids is 1. The molecule has 2 aliphatic rings. The lowest BCUT2D eigenvalue weighted by atomic mass is 10.0. The van der Waals surface area contributed by atoms with Gasteiger partial charge in [-0.15, -0.1) is 0 Å². The summed E-state index contributed by atoms with van der Waals surface area (Å²) in [6.07, 6.45) is 6.27. The molecule has 1 aliphatic carbocycles. The summed E-state index contributed by atoms with van der Waals surface area (Å²) in [5.74, 6) is -0.00611. The molecular formula is C20H31N5O2. The lowest BCUT2D eigenvalue weighted by Crippen LogP contribution is -2.49. The van der Waals surface area contributed by atoms with Crippen LogP contribution in [0.4, 0.5) is 5.69 Å². The number of nitrogens with zero attached hydrogens (tertiary/aromatic N) is 4. The first-order valence-corrected chi connectivity index (χ1v) is 10.0. The molecule has 0 bridgehead atoms. The van der Waals surface area contributed by atoms with E-state index in [0.29, 0.717) is 11.7 Å². The van der Waals surface area contributed by atoms with Gasteiger partial charge in [0.25, 0.3) is 5.56 Å². The Morgan fingerprint density at radius 1 is 1.37 bits per heavy atom. The third-order valence-electron chi connectivity index (χ3n) is 5.38. The minimum atomic E-state index is -0.312. The van der Waals surface area contributed by atoms with E-state index in [4.69, 9.17) is 0 Å². The van der Waals surface area contributed by atoms with Crippen LogP contribution >= 0.6 is 0 Å². The number of amides is 1. The molecule has 1 aromatic heterocycles. The number of likely N-dealkylation sites (tertiary alicyclic amines) is 1. The molecule has 1 saturated carbocycles. The topological polar surface area (TPSA) is 79.6 Å². The highest BCUT2D eigenvalue weighted by molar-refractivity contribution is 5.76. The number of carbonyl (C=O) groups is 1. The van der Waals surface area contributed by atoms with E-state index < -0.39 is 0 Å². The Bertz CT molecular complexity index is 779. The predicted molar refractivity (Wildman–Crippen MR) is 107 cm³/mol. The van der Waals surface area contributed by atoms with Crippen molar-refractivity contribution in [3.63, 3.8) is 0 Å². The first-order chi connectivity index (χ1) is 12.9. The average Bonchev–Trinajstić information content (AvgIpc) is 3.46. The van der Waals surface area contributed by atoms with Gasteiger partial charge in [-0.3, -0.25) is 19.5 Å². The minimum Gasteiger partial charge on any atom is -0.350 e. The van der Waals surface area contributed by atoms with Crippen molar-refractivity contribution in [3.05, 3.63) is 21.6 Å². The molecule has 1 amide bonds. The van der Waals surface area contributed by atoms with Gasteiger partial charge in [0.1, 0.15) is 12.2 Å². The molecule has 3 rings (SSSR count). The van der Waals surface area contributed by atoms with E-state index in [1.807, 2.05) is 20.8 Å². The maximum Gasteiger partial charge on any atom is 0.293 e. The van der Waals surface area contributed by atoms with Gasteiger partial charge >= 0.3 is 0 Å². The van der Waals surface area contributed by atoms with Gasteiger partial charge in [0.2, 0.25) is 5.91 Å². The van der Waals surface area contributed by atoms with Crippen molar-refractivity contribution in [3.8, 4) is 0 Å². The summed E-state index contributed by atoms with van der Waals surface area (Å²) in [7, 11) is 0. The Hall–Kier alpha value is -2.02. The standard InChI is InChI=1S/C20H31N5O2/c1-5-21-19-14(4)18(13(2)3)23-25(20(19)27)12-17(26)22-15-7-6-10-24(11-15)16-8-9-16/h5,13,15-16H,6-12H2,1-4H3,(H,22,26). The maximum atomic E-state index is 12.7. The molecule has 0 radical (unpaired) electrons. The summed E-state index contributed by atoms with van der Waals surface area (Å²) in [6, 6.07) is 0.875. The number of hydrogen-bond donors (Lipinski definition) is 1. The van der Waals surface area contributed by atoms with Gasteiger partial charge < -0.3 is 5.32 Å². The van der Waals surface area contributed by atoms with Crippen LogP contribution in [0.5, 0.6) is 0 Å². The fraction of sp³-hybridized carbons (Fsp3) is 0.700. The second kappa shape index (κ2) is 8.33. The van der Waals surface area contributed by atoms with Crippen LogP contribution in [0.15, 0.2) is 9.79 Å². The molecule has 27 heavy (non-hydrogen) atoms. The molecular weight excluding hydrogens is 342 g/mol. The quantitative estimate of drug-likeness (QED) is 0.775. The van der Waals surface area contributed by atoms with E-state index in [1.54, 1.807) is 13.1 Å². The van der Waals surface area contributed by atoms with Gasteiger partial charge in [-0.25, -0.2) is 4.68 Å². The van der Waals surface area contributed by atoms with E-state index in [2.05, 4.69) is 20.3 Å².